The van der Waals surface area contributed by atoms with Crippen molar-refractivity contribution in [1.29, 1.82) is 0 Å². The van der Waals surface area contributed by atoms with Crippen molar-refractivity contribution in [3.63, 3.8) is 0 Å². The fourth-order valence-corrected chi connectivity index (χ4v) is 1.16. The van der Waals surface area contributed by atoms with Crippen LogP contribution >= 0.6 is 0 Å². The second kappa shape index (κ2) is 2.37. The topological polar surface area (TPSA) is 52.5 Å². The summed E-state index contributed by atoms with van der Waals surface area (Å²) < 4.78 is 20.1. The number of rotatable bonds is 0. The molecule has 1 rings (SSSR count). The van der Waals surface area contributed by atoms with Gasteiger partial charge in [0, 0.05) is 6.54 Å². The smallest absolute Gasteiger partial charge is 0.0847 e. The molecule has 0 fully saturated rings. The van der Waals surface area contributed by atoms with E-state index in [1.165, 1.54) is 0 Å². The van der Waals surface area contributed by atoms with E-state index in [1.54, 1.807) is 0 Å². The van der Waals surface area contributed by atoms with E-state index < -0.39 is 11.1 Å². The molecule has 0 radical (unpaired) electrons. The van der Waals surface area contributed by atoms with Gasteiger partial charge in [0.15, 0.2) is 0 Å². The molecule has 0 bridgehead atoms. The molecule has 0 aromatic heterocycles. The van der Waals surface area contributed by atoms with Crippen LogP contribution in [0.1, 0.15) is 12.8 Å². The number of hydrogen-bond donors (Lipinski definition) is 0. The molecule has 1 heterocycles. The Morgan fingerprint density at radius 1 is 1.75 bits per heavy atom. The molecule has 0 amide bonds. The van der Waals surface area contributed by atoms with Crippen molar-refractivity contribution in [3.05, 3.63) is 0 Å². The van der Waals surface area contributed by atoms with Gasteiger partial charge >= 0.3 is 0 Å². The largest absolute Gasteiger partial charge is 0.767 e. The van der Waals surface area contributed by atoms with Gasteiger partial charge in [-0.25, -0.2) is 0 Å². The fourth-order valence-electron chi connectivity index (χ4n) is 0.649. The first-order valence-electron chi connectivity index (χ1n) is 2.43. The van der Waals surface area contributed by atoms with E-state index in [9.17, 15) is 8.76 Å². The monoisotopic (exact) mass is 132 g/mol. The molecular weight excluding hydrogens is 126 g/mol. The molecule has 0 aliphatic carbocycles. The van der Waals surface area contributed by atoms with Crippen molar-refractivity contribution >= 4 is 16.1 Å². The minimum atomic E-state index is -2.04. The van der Waals surface area contributed by atoms with Crippen LogP contribution in [0.15, 0.2) is 4.99 Å². The SMILES string of the molecule is O=S([O-])C1=NCCC1. The standard InChI is InChI=1S/C4H7NO2S/c6-8(7)4-2-1-3-5-4/h1-3H2,(H,6,7)/p-1. The first-order valence-corrected chi connectivity index (χ1v) is 3.51. The lowest BCUT2D eigenvalue weighted by molar-refractivity contribution is 0.549. The maximum Gasteiger partial charge on any atom is 0.0847 e. The van der Waals surface area contributed by atoms with Crippen LogP contribution in [0.2, 0.25) is 0 Å². The molecule has 0 saturated heterocycles. The Hall–Kier alpha value is -0.220. The molecule has 3 nitrogen and oxygen atoms in total. The predicted octanol–water partition coefficient (Wildman–Crippen LogP) is 0.0578. The van der Waals surface area contributed by atoms with Gasteiger partial charge in [0.1, 0.15) is 0 Å². The van der Waals surface area contributed by atoms with Crippen molar-refractivity contribution in [2.75, 3.05) is 6.54 Å². The Balaban J connectivity index is 2.57. The van der Waals surface area contributed by atoms with Gasteiger partial charge in [-0.15, -0.1) is 0 Å². The molecule has 0 aromatic carbocycles. The van der Waals surface area contributed by atoms with Gasteiger partial charge in [0.05, 0.1) is 5.04 Å². The van der Waals surface area contributed by atoms with Gasteiger partial charge in [0.25, 0.3) is 0 Å². The molecule has 1 aliphatic rings. The molecule has 0 aromatic rings. The van der Waals surface area contributed by atoms with Gasteiger partial charge in [-0.2, -0.15) is 0 Å². The summed E-state index contributed by atoms with van der Waals surface area (Å²) in [5.41, 5.74) is 0. The van der Waals surface area contributed by atoms with Gasteiger partial charge in [-0.3, -0.25) is 9.20 Å². The fraction of sp³-hybridized carbons (Fsp3) is 0.750. The summed E-state index contributed by atoms with van der Waals surface area (Å²) in [4.78, 5) is 3.74. The van der Waals surface area contributed by atoms with E-state index in [0.29, 0.717) is 18.0 Å². The van der Waals surface area contributed by atoms with Crippen LogP contribution in [-0.2, 0) is 11.1 Å². The lowest BCUT2D eigenvalue weighted by Crippen LogP contribution is -2.01. The summed E-state index contributed by atoms with van der Waals surface area (Å²) in [6.45, 7) is 0.684. The Labute approximate surface area is 50.1 Å². The Kier molecular flexibility index (Phi) is 1.75. The number of aliphatic imine (C=N–C) groups is 1. The lowest BCUT2D eigenvalue weighted by atomic mass is 10.4. The van der Waals surface area contributed by atoms with Crippen LogP contribution in [-0.4, -0.2) is 20.4 Å². The van der Waals surface area contributed by atoms with Crippen LogP contribution in [0.4, 0.5) is 0 Å². The third kappa shape index (κ3) is 1.14. The van der Waals surface area contributed by atoms with Crippen molar-refractivity contribution < 1.29 is 8.76 Å². The first-order chi connectivity index (χ1) is 3.80. The molecule has 8 heavy (non-hydrogen) atoms. The zero-order chi connectivity index (χ0) is 5.98. The molecule has 1 atom stereocenters. The molecule has 0 spiro atoms. The highest BCUT2D eigenvalue weighted by atomic mass is 32.2. The van der Waals surface area contributed by atoms with Gasteiger partial charge < -0.3 is 4.55 Å². The number of hydrogen-bond acceptors (Lipinski definition) is 3. The third-order valence-corrected chi connectivity index (χ3v) is 1.75. The Bertz CT molecular complexity index is 143. The zero-order valence-electron chi connectivity index (χ0n) is 4.29. The maximum atomic E-state index is 10.1. The van der Waals surface area contributed by atoms with E-state index in [-0.39, 0.29) is 0 Å². The number of nitrogens with zero attached hydrogens (tertiary/aromatic N) is 1. The summed E-state index contributed by atoms with van der Waals surface area (Å²) in [6.07, 6.45) is 1.53. The van der Waals surface area contributed by atoms with Gasteiger partial charge in [0.2, 0.25) is 0 Å². The van der Waals surface area contributed by atoms with Crippen LogP contribution in [0.3, 0.4) is 0 Å². The predicted molar refractivity (Wildman–Crippen MR) is 30.5 cm³/mol. The first kappa shape index (κ1) is 5.91. The highest BCUT2D eigenvalue weighted by Crippen LogP contribution is 2.04. The highest BCUT2D eigenvalue weighted by Gasteiger charge is 2.04. The van der Waals surface area contributed by atoms with Crippen LogP contribution in [0, 0.1) is 0 Å². The Morgan fingerprint density at radius 2 is 2.50 bits per heavy atom. The van der Waals surface area contributed by atoms with E-state index >= 15 is 0 Å². The van der Waals surface area contributed by atoms with Crippen molar-refractivity contribution in [2.24, 2.45) is 4.99 Å². The summed E-state index contributed by atoms with van der Waals surface area (Å²) in [7, 11) is 0. The van der Waals surface area contributed by atoms with Crippen LogP contribution < -0.4 is 0 Å². The van der Waals surface area contributed by atoms with Crippen molar-refractivity contribution in [3.8, 4) is 0 Å². The average Bonchev–Trinajstić information content (AvgIpc) is 2.12. The molecule has 1 aliphatic heterocycles. The van der Waals surface area contributed by atoms with Crippen LogP contribution in [0.5, 0.6) is 0 Å². The summed E-state index contributed by atoms with van der Waals surface area (Å²) in [5, 5.41) is 0.338. The van der Waals surface area contributed by atoms with Gasteiger partial charge in [-0.05, 0) is 23.9 Å². The molecular formula is C4H6NO2S-. The minimum absolute atomic E-state index is 0.338. The molecule has 0 saturated carbocycles. The zero-order valence-corrected chi connectivity index (χ0v) is 5.11. The van der Waals surface area contributed by atoms with E-state index in [2.05, 4.69) is 4.99 Å². The van der Waals surface area contributed by atoms with E-state index in [4.69, 9.17) is 0 Å². The average molecular weight is 132 g/mol. The second-order valence-corrected chi connectivity index (χ2v) is 2.55. The summed E-state index contributed by atoms with van der Waals surface area (Å²) in [5.74, 6) is 0. The van der Waals surface area contributed by atoms with Crippen molar-refractivity contribution in [2.45, 2.75) is 12.8 Å². The quantitative estimate of drug-likeness (QED) is 0.437. The Morgan fingerprint density at radius 3 is 2.75 bits per heavy atom. The summed E-state index contributed by atoms with van der Waals surface area (Å²) in [6, 6.07) is 0. The third-order valence-electron chi connectivity index (χ3n) is 1.03. The van der Waals surface area contributed by atoms with Gasteiger partial charge in [-0.1, -0.05) is 0 Å². The van der Waals surface area contributed by atoms with E-state index in [0.717, 1.165) is 6.42 Å². The molecule has 4 heteroatoms. The molecule has 1 unspecified atom stereocenters. The minimum Gasteiger partial charge on any atom is -0.767 e. The summed E-state index contributed by atoms with van der Waals surface area (Å²) >= 11 is -2.04. The second-order valence-electron chi connectivity index (χ2n) is 1.61. The lowest BCUT2D eigenvalue weighted by Gasteiger charge is -2.00. The molecule has 46 valence electrons. The van der Waals surface area contributed by atoms with Crippen LogP contribution in [0.25, 0.3) is 0 Å². The van der Waals surface area contributed by atoms with Crippen molar-refractivity contribution in [1.82, 2.24) is 0 Å². The maximum absolute atomic E-state index is 10.1. The highest BCUT2D eigenvalue weighted by molar-refractivity contribution is 7.95. The van der Waals surface area contributed by atoms with E-state index in [1.807, 2.05) is 0 Å². The molecule has 0 N–H and O–H groups in total. The normalized spacial score (nSPS) is 22.9.